The Morgan fingerprint density at radius 2 is 2.22 bits per heavy atom. The van der Waals surface area contributed by atoms with Crippen LogP contribution >= 0.6 is 7.82 Å². The quantitative estimate of drug-likeness (QED) is 0.544. The van der Waals surface area contributed by atoms with Crippen molar-refractivity contribution in [3.63, 3.8) is 0 Å². The highest BCUT2D eigenvalue weighted by molar-refractivity contribution is 7.49. The Morgan fingerprint density at radius 1 is 1.47 bits per heavy atom. The molecule has 0 amide bonds. The SMILES string of the molecule is [2H]C([2H])(OP1(=O)OCc2cc(C)cc(C)c2O1)[C@]1(F)C[C@@H](O)[C@]([2H])(n2cc(CO)c(=O)[nH]c2=O)O1. The van der Waals surface area contributed by atoms with Gasteiger partial charge in [-0.15, -0.1) is 0 Å². The summed E-state index contributed by atoms with van der Waals surface area (Å²) in [6, 6.07) is 3.41. The van der Waals surface area contributed by atoms with Crippen LogP contribution in [0.15, 0.2) is 27.9 Å². The maximum absolute atomic E-state index is 15.8. The fraction of sp³-hybridized carbons (Fsp3) is 0.474. The molecule has 1 aromatic carbocycles. The molecule has 32 heavy (non-hydrogen) atoms. The molecule has 2 aromatic rings. The van der Waals surface area contributed by atoms with E-state index in [4.69, 9.17) is 22.4 Å². The van der Waals surface area contributed by atoms with Gasteiger partial charge in [0.05, 0.1) is 22.9 Å². The molecule has 0 spiro atoms. The van der Waals surface area contributed by atoms with E-state index in [0.717, 1.165) is 5.56 Å². The maximum atomic E-state index is 15.8. The van der Waals surface area contributed by atoms with Crippen molar-refractivity contribution >= 4 is 7.82 Å². The Hall–Kier alpha value is -2.34. The summed E-state index contributed by atoms with van der Waals surface area (Å²) in [7, 11) is -4.75. The first kappa shape index (κ1) is 19.2. The van der Waals surface area contributed by atoms with Crippen molar-refractivity contribution in [2.45, 2.75) is 51.6 Å². The van der Waals surface area contributed by atoms with Crippen LogP contribution < -0.4 is 15.8 Å². The third kappa shape index (κ3) is 4.29. The average Bonchev–Trinajstić information content (AvgIpc) is 2.98. The molecule has 0 bridgehead atoms. The number of phosphoric ester groups is 1. The first-order chi connectivity index (χ1) is 16.1. The zero-order valence-electron chi connectivity index (χ0n) is 20.0. The normalized spacial score (nSPS) is 33.7. The minimum Gasteiger partial charge on any atom is -0.403 e. The van der Waals surface area contributed by atoms with Gasteiger partial charge in [-0.3, -0.25) is 23.4 Å². The van der Waals surface area contributed by atoms with E-state index in [9.17, 15) is 24.4 Å². The van der Waals surface area contributed by atoms with Crippen molar-refractivity contribution in [2.24, 2.45) is 0 Å². The molecule has 4 rings (SSSR count). The van der Waals surface area contributed by atoms with Gasteiger partial charge in [-0.05, 0) is 19.4 Å². The van der Waals surface area contributed by atoms with Gasteiger partial charge in [0.1, 0.15) is 18.4 Å². The van der Waals surface area contributed by atoms with Gasteiger partial charge in [0.25, 0.3) is 5.56 Å². The molecule has 1 unspecified atom stereocenters. The maximum Gasteiger partial charge on any atom is 0.530 e. The van der Waals surface area contributed by atoms with Gasteiger partial charge in [0.2, 0.25) is 5.85 Å². The number of ether oxygens (including phenoxy) is 1. The van der Waals surface area contributed by atoms with Crippen molar-refractivity contribution in [3.8, 4) is 5.75 Å². The van der Waals surface area contributed by atoms with Crippen LogP contribution in [-0.4, -0.2) is 38.3 Å². The lowest BCUT2D eigenvalue weighted by molar-refractivity contribution is -0.179. The van der Waals surface area contributed by atoms with Gasteiger partial charge >= 0.3 is 13.5 Å². The standard InChI is InChI=1S/C19H22FN2O9P/c1-10-3-11(2)15-12(4-10)8-28-32(27,31-15)29-9-19(20)5-14(24)17(30-19)22-6-13(7-23)16(25)21-18(22)26/h3-4,6,14,17,23-24H,5,7-9H2,1-2H3,(H,21,25,26)/t14-,17-,19+,32?/m1/s1/i9D2,17D. The largest absolute Gasteiger partial charge is 0.530 e. The predicted molar refractivity (Wildman–Crippen MR) is 107 cm³/mol. The molecule has 3 heterocycles. The first-order valence-electron chi connectivity index (χ1n) is 10.9. The van der Waals surface area contributed by atoms with E-state index in [1.54, 1.807) is 24.0 Å². The van der Waals surface area contributed by atoms with Crippen molar-refractivity contribution in [2.75, 3.05) is 6.56 Å². The second-order valence-corrected chi connectivity index (χ2v) is 8.92. The number of hydrogen-bond donors (Lipinski definition) is 3. The number of fused-ring (bicyclic) bond motifs is 1. The summed E-state index contributed by atoms with van der Waals surface area (Å²) in [4.78, 5) is 25.7. The van der Waals surface area contributed by atoms with Crippen LogP contribution in [0.5, 0.6) is 5.75 Å². The highest BCUT2D eigenvalue weighted by Crippen LogP contribution is 2.56. The fourth-order valence-electron chi connectivity index (χ4n) is 3.41. The van der Waals surface area contributed by atoms with Crippen LogP contribution in [0, 0.1) is 13.8 Å². The van der Waals surface area contributed by atoms with Crippen molar-refractivity contribution in [1.29, 1.82) is 0 Å². The zero-order chi connectivity index (χ0) is 26.0. The van der Waals surface area contributed by atoms with Crippen molar-refractivity contribution in [3.05, 3.63) is 61.4 Å². The van der Waals surface area contributed by atoms with Gasteiger partial charge in [-0.25, -0.2) is 13.8 Å². The number of nitrogens with one attached hydrogen (secondary N) is 1. The monoisotopic (exact) mass is 475 g/mol. The smallest absolute Gasteiger partial charge is 0.403 e. The van der Waals surface area contributed by atoms with Crippen LogP contribution in [-0.2, 0) is 31.6 Å². The van der Waals surface area contributed by atoms with Crippen molar-refractivity contribution < 1.29 is 41.6 Å². The number of halogens is 1. The lowest BCUT2D eigenvalue weighted by Gasteiger charge is -2.28. The van der Waals surface area contributed by atoms with Gasteiger partial charge < -0.3 is 19.5 Å². The Balaban J connectivity index is 1.64. The number of alkyl halides is 1. The second kappa shape index (κ2) is 8.22. The van der Waals surface area contributed by atoms with E-state index in [0.29, 0.717) is 21.9 Å². The summed E-state index contributed by atoms with van der Waals surface area (Å²) in [5, 5.41) is 19.7. The minimum absolute atomic E-state index is 0.118. The van der Waals surface area contributed by atoms with E-state index in [2.05, 4.69) is 0 Å². The fourth-order valence-corrected chi connectivity index (χ4v) is 4.58. The zero-order valence-corrected chi connectivity index (χ0v) is 17.8. The number of aliphatic hydroxyl groups excluding tert-OH is 2. The van der Waals surface area contributed by atoms with Crippen LogP contribution in [0.4, 0.5) is 4.39 Å². The molecule has 11 nitrogen and oxygen atoms in total. The molecule has 174 valence electrons. The minimum atomic E-state index is -4.75. The first-order valence-corrected chi connectivity index (χ1v) is 10.9. The van der Waals surface area contributed by atoms with Crippen LogP contribution in [0.25, 0.3) is 0 Å². The Morgan fingerprint density at radius 3 is 2.94 bits per heavy atom. The molecular weight excluding hydrogens is 450 g/mol. The number of aryl methyl sites for hydroxylation is 2. The Kier molecular flexibility index (Phi) is 4.92. The van der Waals surface area contributed by atoms with Crippen LogP contribution in [0.2, 0.25) is 0 Å². The summed E-state index contributed by atoms with van der Waals surface area (Å²) < 4.78 is 73.8. The number of benzene rings is 1. The molecule has 0 radical (unpaired) electrons. The summed E-state index contributed by atoms with van der Waals surface area (Å²) in [5.74, 6) is -3.51. The number of hydrogen-bond acceptors (Lipinski definition) is 9. The number of H-pyrrole nitrogens is 1. The van der Waals surface area contributed by atoms with Crippen LogP contribution in [0.3, 0.4) is 0 Å². The van der Waals surface area contributed by atoms with E-state index >= 15 is 4.39 Å². The average molecular weight is 475 g/mol. The van der Waals surface area contributed by atoms with E-state index < -0.39 is 62.4 Å². The third-order valence-corrected chi connectivity index (χ3v) is 5.98. The van der Waals surface area contributed by atoms with Crippen LogP contribution in [0.1, 0.15) is 39.0 Å². The number of aromatic amines is 1. The predicted octanol–water partition coefficient (Wildman–Crippen LogP) is 1.33. The molecule has 1 saturated heterocycles. The molecular formula is C19H22FN2O9P. The number of aliphatic hydroxyl groups is 2. The summed E-state index contributed by atoms with van der Waals surface area (Å²) in [6.45, 7) is -1.29. The van der Waals surface area contributed by atoms with E-state index in [-0.39, 0.29) is 12.4 Å². The van der Waals surface area contributed by atoms with Gasteiger partial charge in [0.15, 0.2) is 6.20 Å². The summed E-state index contributed by atoms with van der Waals surface area (Å²) in [6.07, 6.45) is -5.71. The highest BCUT2D eigenvalue weighted by atomic mass is 31.2. The molecule has 2 aliphatic rings. The summed E-state index contributed by atoms with van der Waals surface area (Å²) in [5.41, 5.74) is -0.738. The lowest BCUT2D eigenvalue weighted by atomic mass is 10.1. The second-order valence-electron chi connectivity index (χ2n) is 7.41. The van der Waals surface area contributed by atoms with Gasteiger partial charge in [0, 0.05) is 18.2 Å². The van der Waals surface area contributed by atoms with Crippen molar-refractivity contribution in [1.82, 2.24) is 9.55 Å². The Labute approximate surface area is 185 Å². The topological polar surface area (TPSA) is 149 Å². The molecule has 13 heteroatoms. The molecule has 2 aliphatic heterocycles. The number of aromatic nitrogens is 2. The molecule has 0 aliphatic carbocycles. The third-order valence-electron chi connectivity index (χ3n) is 4.82. The molecule has 1 aromatic heterocycles. The number of rotatable bonds is 5. The highest BCUT2D eigenvalue weighted by Gasteiger charge is 2.50. The van der Waals surface area contributed by atoms with Gasteiger partial charge in [-0.2, -0.15) is 0 Å². The molecule has 3 N–H and O–H groups in total. The Bertz CT molecular complexity index is 1350. The lowest BCUT2D eigenvalue weighted by Crippen LogP contribution is -2.37. The van der Waals surface area contributed by atoms with E-state index in [1.165, 1.54) is 0 Å². The molecule has 0 saturated carbocycles. The number of phosphoric acid groups is 1. The molecule has 4 atom stereocenters. The van der Waals surface area contributed by atoms with E-state index in [1.807, 2.05) is 6.92 Å². The summed E-state index contributed by atoms with van der Waals surface area (Å²) >= 11 is 0. The molecule has 1 fully saturated rings. The number of nitrogens with zero attached hydrogens (tertiary/aromatic N) is 1. The van der Waals surface area contributed by atoms with Gasteiger partial charge in [-0.1, -0.05) is 17.7 Å².